The van der Waals surface area contributed by atoms with Crippen molar-refractivity contribution in [1.82, 2.24) is 15.3 Å². The van der Waals surface area contributed by atoms with E-state index in [1.54, 1.807) is 6.33 Å². The fraction of sp³-hybridized carbons (Fsp3) is 0.462. The average molecular weight is 231 g/mol. The van der Waals surface area contributed by atoms with Gasteiger partial charge in [-0.25, -0.2) is 4.98 Å². The number of fused-ring (bicyclic) bond motifs is 1. The van der Waals surface area contributed by atoms with Crippen molar-refractivity contribution in [2.24, 2.45) is 0 Å². The van der Waals surface area contributed by atoms with Crippen LogP contribution in [0.5, 0.6) is 0 Å². The first-order chi connectivity index (χ1) is 8.34. The van der Waals surface area contributed by atoms with Crippen LogP contribution in [0, 0.1) is 0 Å². The Kier molecular flexibility index (Phi) is 2.61. The molecule has 2 aromatic rings. The zero-order valence-corrected chi connectivity index (χ0v) is 9.99. The molecule has 1 aromatic heterocycles. The van der Waals surface area contributed by atoms with Crippen LogP contribution < -0.4 is 5.32 Å². The van der Waals surface area contributed by atoms with Gasteiger partial charge in [0.15, 0.2) is 0 Å². The second kappa shape index (κ2) is 4.13. The highest BCUT2D eigenvalue weighted by atomic mass is 16.5. The fourth-order valence-corrected chi connectivity index (χ4v) is 2.43. The van der Waals surface area contributed by atoms with Crippen LogP contribution in [0.2, 0.25) is 0 Å². The molecule has 0 unspecified atom stereocenters. The molecule has 4 nitrogen and oxygen atoms in total. The van der Waals surface area contributed by atoms with Crippen LogP contribution in [0.25, 0.3) is 11.0 Å². The van der Waals surface area contributed by atoms with Crippen molar-refractivity contribution >= 4 is 11.0 Å². The number of benzene rings is 1. The molecule has 1 aliphatic heterocycles. The summed E-state index contributed by atoms with van der Waals surface area (Å²) in [4.78, 5) is 7.42. The number of H-pyrrole nitrogens is 1. The Morgan fingerprint density at radius 3 is 3.06 bits per heavy atom. The zero-order chi connectivity index (χ0) is 11.7. The number of hydrogen-bond acceptors (Lipinski definition) is 3. The minimum absolute atomic E-state index is 0.197. The van der Waals surface area contributed by atoms with E-state index in [-0.39, 0.29) is 5.41 Å². The van der Waals surface area contributed by atoms with Gasteiger partial charge in [-0.05, 0) is 37.7 Å². The monoisotopic (exact) mass is 231 g/mol. The number of nitrogens with zero attached hydrogens (tertiary/aromatic N) is 1. The van der Waals surface area contributed by atoms with E-state index in [2.05, 4.69) is 33.5 Å². The van der Waals surface area contributed by atoms with Gasteiger partial charge in [0.25, 0.3) is 0 Å². The highest BCUT2D eigenvalue weighted by molar-refractivity contribution is 5.75. The van der Waals surface area contributed by atoms with Gasteiger partial charge in [0, 0.05) is 5.41 Å². The molecule has 3 rings (SSSR count). The lowest BCUT2D eigenvalue weighted by molar-refractivity contribution is -0.0637. The minimum Gasteiger partial charge on any atom is -0.379 e. The molecule has 1 fully saturated rings. The summed E-state index contributed by atoms with van der Waals surface area (Å²) >= 11 is 0. The van der Waals surface area contributed by atoms with Crippen LogP contribution in [0.3, 0.4) is 0 Å². The number of hydrogen-bond donors (Lipinski definition) is 2. The highest BCUT2D eigenvalue weighted by Gasteiger charge is 2.39. The number of aromatic nitrogens is 2. The van der Waals surface area contributed by atoms with E-state index in [4.69, 9.17) is 4.74 Å². The van der Waals surface area contributed by atoms with Crippen LogP contribution >= 0.6 is 0 Å². The third-order valence-electron chi connectivity index (χ3n) is 3.64. The number of ether oxygens (including phenoxy) is 1. The molecular formula is C13H17N3O. The fourth-order valence-electron chi connectivity index (χ4n) is 2.43. The van der Waals surface area contributed by atoms with E-state index in [9.17, 15) is 0 Å². The molecule has 0 atom stereocenters. The molecule has 1 aromatic carbocycles. The van der Waals surface area contributed by atoms with Crippen molar-refractivity contribution in [2.45, 2.75) is 11.8 Å². The third-order valence-corrected chi connectivity index (χ3v) is 3.64. The Labute approximate surface area is 100 Å². The van der Waals surface area contributed by atoms with Gasteiger partial charge in [-0.15, -0.1) is 0 Å². The predicted molar refractivity (Wildman–Crippen MR) is 67.1 cm³/mol. The first-order valence-corrected chi connectivity index (χ1v) is 6.00. The van der Waals surface area contributed by atoms with E-state index in [0.29, 0.717) is 0 Å². The lowest BCUT2D eigenvalue weighted by atomic mass is 9.76. The molecule has 1 aliphatic rings. The average Bonchev–Trinajstić information content (AvgIpc) is 2.75. The van der Waals surface area contributed by atoms with Crippen LogP contribution in [0.15, 0.2) is 24.5 Å². The Morgan fingerprint density at radius 2 is 2.35 bits per heavy atom. The van der Waals surface area contributed by atoms with Gasteiger partial charge in [-0.3, -0.25) is 0 Å². The molecule has 0 spiro atoms. The second-order valence-electron chi connectivity index (χ2n) is 4.76. The van der Waals surface area contributed by atoms with Crippen LogP contribution in [0.4, 0.5) is 0 Å². The summed E-state index contributed by atoms with van der Waals surface area (Å²) in [6.07, 6.45) is 2.86. The van der Waals surface area contributed by atoms with E-state index in [1.165, 1.54) is 5.56 Å². The van der Waals surface area contributed by atoms with E-state index in [0.717, 1.165) is 37.2 Å². The topological polar surface area (TPSA) is 49.9 Å². The smallest absolute Gasteiger partial charge is 0.0931 e. The molecule has 0 saturated carbocycles. The summed E-state index contributed by atoms with van der Waals surface area (Å²) in [6, 6.07) is 6.47. The third kappa shape index (κ3) is 1.73. The largest absolute Gasteiger partial charge is 0.379 e. The van der Waals surface area contributed by atoms with E-state index >= 15 is 0 Å². The van der Waals surface area contributed by atoms with Gasteiger partial charge in [0.05, 0.1) is 30.6 Å². The molecule has 0 bridgehead atoms. The molecule has 90 valence electrons. The number of imidazole rings is 1. The van der Waals surface area contributed by atoms with E-state index < -0.39 is 0 Å². The van der Waals surface area contributed by atoms with Crippen molar-refractivity contribution in [3.63, 3.8) is 0 Å². The molecule has 2 heterocycles. The quantitative estimate of drug-likeness (QED) is 0.837. The molecule has 1 saturated heterocycles. The normalized spacial score (nSPS) is 18.2. The van der Waals surface area contributed by atoms with Crippen molar-refractivity contribution in [3.8, 4) is 0 Å². The second-order valence-corrected chi connectivity index (χ2v) is 4.76. The Morgan fingerprint density at radius 1 is 1.47 bits per heavy atom. The SMILES string of the molecule is CNCCC1(c2ccc3nc[nH]c3c2)COC1. The summed E-state index contributed by atoms with van der Waals surface area (Å²) < 4.78 is 5.43. The van der Waals surface area contributed by atoms with E-state index in [1.807, 2.05) is 7.05 Å². The van der Waals surface area contributed by atoms with Crippen molar-refractivity contribution in [3.05, 3.63) is 30.1 Å². The van der Waals surface area contributed by atoms with Crippen LogP contribution in [-0.2, 0) is 10.2 Å². The zero-order valence-electron chi connectivity index (χ0n) is 9.99. The first-order valence-electron chi connectivity index (χ1n) is 6.00. The summed E-state index contributed by atoms with van der Waals surface area (Å²) in [5.41, 5.74) is 3.69. The van der Waals surface area contributed by atoms with Gasteiger partial charge in [0.1, 0.15) is 0 Å². The van der Waals surface area contributed by atoms with Crippen molar-refractivity contribution < 1.29 is 4.74 Å². The Bertz CT molecular complexity index is 516. The summed E-state index contributed by atoms with van der Waals surface area (Å²) in [5.74, 6) is 0. The lowest BCUT2D eigenvalue weighted by Crippen LogP contribution is -2.48. The molecule has 0 aliphatic carbocycles. The summed E-state index contributed by atoms with van der Waals surface area (Å²) in [5, 5.41) is 3.22. The van der Waals surface area contributed by atoms with Crippen LogP contribution in [0.1, 0.15) is 12.0 Å². The summed E-state index contributed by atoms with van der Waals surface area (Å²) in [6.45, 7) is 2.67. The highest BCUT2D eigenvalue weighted by Crippen LogP contribution is 2.36. The van der Waals surface area contributed by atoms with Gasteiger partial charge in [-0.1, -0.05) is 6.07 Å². The number of nitrogens with one attached hydrogen (secondary N) is 2. The first kappa shape index (κ1) is 10.7. The molecule has 4 heteroatoms. The number of rotatable bonds is 4. The van der Waals surface area contributed by atoms with Crippen molar-refractivity contribution in [1.29, 1.82) is 0 Å². The summed E-state index contributed by atoms with van der Waals surface area (Å²) in [7, 11) is 1.99. The van der Waals surface area contributed by atoms with Gasteiger partial charge >= 0.3 is 0 Å². The van der Waals surface area contributed by atoms with Gasteiger partial charge in [0.2, 0.25) is 0 Å². The lowest BCUT2D eigenvalue weighted by Gasteiger charge is -2.42. The Hall–Kier alpha value is -1.39. The number of aromatic amines is 1. The standard InChI is InChI=1S/C13H17N3O/c1-14-5-4-13(7-17-8-13)10-2-3-11-12(6-10)16-9-15-11/h2-3,6,9,14H,4-5,7-8H2,1H3,(H,15,16). The molecular weight excluding hydrogens is 214 g/mol. The maximum Gasteiger partial charge on any atom is 0.0931 e. The minimum atomic E-state index is 0.197. The maximum atomic E-state index is 5.43. The Balaban J connectivity index is 1.94. The molecule has 2 N–H and O–H groups in total. The van der Waals surface area contributed by atoms with Gasteiger partial charge in [-0.2, -0.15) is 0 Å². The molecule has 0 amide bonds. The molecule has 17 heavy (non-hydrogen) atoms. The van der Waals surface area contributed by atoms with Crippen LogP contribution in [-0.4, -0.2) is 36.8 Å². The predicted octanol–water partition coefficient (Wildman–Crippen LogP) is 1.44. The van der Waals surface area contributed by atoms with Gasteiger partial charge < -0.3 is 15.0 Å². The van der Waals surface area contributed by atoms with Crippen molar-refractivity contribution in [2.75, 3.05) is 26.8 Å². The maximum absolute atomic E-state index is 5.43. The molecule has 0 radical (unpaired) electrons.